The predicted octanol–water partition coefficient (Wildman–Crippen LogP) is 1.94. The van der Waals surface area contributed by atoms with Crippen molar-refractivity contribution >= 4 is 11.8 Å². The Morgan fingerprint density at radius 1 is 1.17 bits per heavy atom. The SMILES string of the molecule is CCCN(CCC)C(=O)C(C)(C)C(=O)NC1CC1. The third kappa shape index (κ3) is 3.72. The van der Waals surface area contributed by atoms with E-state index in [4.69, 9.17) is 0 Å². The Morgan fingerprint density at radius 3 is 2.06 bits per heavy atom. The summed E-state index contributed by atoms with van der Waals surface area (Å²) in [6.45, 7) is 9.01. The molecule has 0 aliphatic heterocycles. The highest BCUT2D eigenvalue weighted by Gasteiger charge is 2.40. The number of hydrogen-bond acceptors (Lipinski definition) is 2. The van der Waals surface area contributed by atoms with Crippen molar-refractivity contribution in [1.82, 2.24) is 10.2 Å². The van der Waals surface area contributed by atoms with Crippen LogP contribution in [0.2, 0.25) is 0 Å². The minimum atomic E-state index is -0.951. The van der Waals surface area contributed by atoms with Gasteiger partial charge in [-0.25, -0.2) is 0 Å². The van der Waals surface area contributed by atoms with Crippen LogP contribution >= 0.6 is 0 Å². The number of carbonyl (C=O) groups excluding carboxylic acids is 2. The molecule has 2 amide bonds. The van der Waals surface area contributed by atoms with Crippen LogP contribution < -0.4 is 5.32 Å². The van der Waals surface area contributed by atoms with Gasteiger partial charge in [-0.1, -0.05) is 13.8 Å². The summed E-state index contributed by atoms with van der Waals surface area (Å²) in [6.07, 6.45) is 3.94. The van der Waals surface area contributed by atoms with Gasteiger partial charge in [0, 0.05) is 19.1 Å². The lowest BCUT2D eigenvalue weighted by atomic mass is 9.90. The van der Waals surface area contributed by atoms with Crippen LogP contribution in [0.5, 0.6) is 0 Å². The van der Waals surface area contributed by atoms with E-state index in [1.807, 2.05) is 18.7 Å². The highest BCUT2D eigenvalue weighted by molar-refractivity contribution is 6.04. The zero-order valence-corrected chi connectivity index (χ0v) is 12.1. The topological polar surface area (TPSA) is 49.4 Å². The van der Waals surface area contributed by atoms with Crippen LogP contribution in [-0.2, 0) is 9.59 Å². The molecule has 0 aromatic heterocycles. The maximum absolute atomic E-state index is 12.5. The first-order valence-electron chi connectivity index (χ1n) is 7.03. The molecule has 104 valence electrons. The van der Waals surface area contributed by atoms with Crippen LogP contribution in [-0.4, -0.2) is 35.8 Å². The van der Waals surface area contributed by atoms with E-state index >= 15 is 0 Å². The smallest absolute Gasteiger partial charge is 0.237 e. The van der Waals surface area contributed by atoms with Gasteiger partial charge in [-0.15, -0.1) is 0 Å². The molecule has 0 heterocycles. The Hall–Kier alpha value is -1.06. The van der Waals surface area contributed by atoms with E-state index in [1.165, 1.54) is 0 Å². The Kier molecular flexibility index (Phi) is 5.17. The molecule has 0 spiro atoms. The lowest BCUT2D eigenvalue weighted by molar-refractivity contribution is -0.148. The third-order valence-corrected chi connectivity index (χ3v) is 3.29. The second-order valence-electron chi connectivity index (χ2n) is 5.66. The fraction of sp³-hybridized carbons (Fsp3) is 0.857. The van der Waals surface area contributed by atoms with E-state index in [0.29, 0.717) is 6.04 Å². The van der Waals surface area contributed by atoms with Gasteiger partial charge in [0.1, 0.15) is 5.41 Å². The van der Waals surface area contributed by atoms with Crippen molar-refractivity contribution in [3.05, 3.63) is 0 Å². The summed E-state index contributed by atoms with van der Waals surface area (Å²) in [5.74, 6) is -0.184. The molecule has 18 heavy (non-hydrogen) atoms. The maximum atomic E-state index is 12.5. The van der Waals surface area contributed by atoms with Crippen LogP contribution in [0.25, 0.3) is 0 Å². The average molecular weight is 254 g/mol. The van der Waals surface area contributed by atoms with E-state index in [-0.39, 0.29) is 11.8 Å². The number of nitrogens with one attached hydrogen (secondary N) is 1. The van der Waals surface area contributed by atoms with Crippen LogP contribution in [0.15, 0.2) is 0 Å². The second kappa shape index (κ2) is 6.21. The van der Waals surface area contributed by atoms with E-state index in [9.17, 15) is 9.59 Å². The molecule has 1 aliphatic carbocycles. The van der Waals surface area contributed by atoms with Gasteiger partial charge in [-0.05, 0) is 39.5 Å². The van der Waals surface area contributed by atoms with Crippen molar-refractivity contribution in [3.63, 3.8) is 0 Å². The Morgan fingerprint density at radius 2 is 1.67 bits per heavy atom. The first-order chi connectivity index (χ1) is 8.43. The predicted molar refractivity (Wildman–Crippen MR) is 72.1 cm³/mol. The first kappa shape index (κ1) is 15.0. The molecule has 0 bridgehead atoms. The molecule has 1 aliphatic rings. The molecule has 0 atom stereocenters. The van der Waals surface area contributed by atoms with Gasteiger partial charge in [-0.3, -0.25) is 9.59 Å². The third-order valence-electron chi connectivity index (χ3n) is 3.29. The highest BCUT2D eigenvalue weighted by atomic mass is 16.2. The van der Waals surface area contributed by atoms with Crippen LogP contribution in [0.3, 0.4) is 0 Å². The summed E-state index contributed by atoms with van der Waals surface area (Å²) in [6, 6.07) is 0.301. The molecule has 0 unspecified atom stereocenters. The number of nitrogens with zero attached hydrogens (tertiary/aromatic N) is 1. The summed E-state index contributed by atoms with van der Waals surface area (Å²) in [5, 5.41) is 2.93. The summed E-state index contributed by atoms with van der Waals surface area (Å²) < 4.78 is 0. The van der Waals surface area contributed by atoms with Crippen molar-refractivity contribution in [2.45, 2.75) is 59.4 Å². The normalized spacial score (nSPS) is 15.3. The zero-order valence-electron chi connectivity index (χ0n) is 12.1. The van der Waals surface area contributed by atoms with Crippen molar-refractivity contribution in [3.8, 4) is 0 Å². The molecule has 1 saturated carbocycles. The number of hydrogen-bond donors (Lipinski definition) is 1. The van der Waals surface area contributed by atoms with Crippen molar-refractivity contribution in [1.29, 1.82) is 0 Å². The quantitative estimate of drug-likeness (QED) is 0.706. The molecule has 1 N–H and O–H groups in total. The van der Waals surface area contributed by atoms with Crippen LogP contribution in [0.4, 0.5) is 0 Å². The Balaban J connectivity index is 2.66. The van der Waals surface area contributed by atoms with Crippen LogP contribution in [0, 0.1) is 5.41 Å². The van der Waals surface area contributed by atoms with E-state index in [1.54, 1.807) is 13.8 Å². The Labute approximate surface area is 110 Å². The molecule has 1 rings (SSSR count). The van der Waals surface area contributed by atoms with Crippen molar-refractivity contribution < 1.29 is 9.59 Å². The molecular weight excluding hydrogens is 228 g/mol. The summed E-state index contributed by atoms with van der Waals surface area (Å²) >= 11 is 0. The minimum absolute atomic E-state index is 0.0515. The molecule has 0 aromatic carbocycles. The monoisotopic (exact) mass is 254 g/mol. The van der Waals surface area contributed by atoms with Gasteiger partial charge in [0.15, 0.2) is 0 Å². The average Bonchev–Trinajstić information content (AvgIpc) is 3.11. The molecule has 4 heteroatoms. The lowest BCUT2D eigenvalue weighted by Crippen LogP contribution is -2.50. The van der Waals surface area contributed by atoms with Gasteiger partial charge in [0.05, 0.1) is 0 Å². The first-order valence-corrected chi connectivity index (χ1v) is 7.03. The molecular formula is C14H26N2O2. The second-order valence-corrected chi connectivity index (χ2v) is 5.66. The standard InChI is InChI=1S/C14H26N2O2/c1-5-9-16(10-6-2)13(18)14(3,4)12(17)15-11-7-8-11/h11H,5-10H2,1-4H3,(H,15,17). The molecule has 1 fully saturated rings. The fourth-order valence-corrected chi connectivity index (χ4v) is 1.94. The van der Waals surface area contributed by atoms with Crippen molar-refractivity contribution in [2.75, 3.05) is 13.1 Å². The summed E-state index contributed by atoms with van der Waals surface area (Å²) in [7, 11) is 0. The van der Waals surface area contributed by atoms with Gasteiger partial charge < -0.3 is 10.2 Å². The number of amides is 2. The van der Waals surface area contributed by atoms with Gasteiger partial charge in [-0.2, -0.15) is 0 Å². The molecule has 0 aromatic rings. The molecule has 0 radical (unpaired) electrons. The highest BCUT2D eigenvalue weighted by Crippen LogP contribution is 2.24. The van der Waals surface area contributed by atoms with Crippen molar-refractivity contribution in [2.24, 2.45) is 5.41 Å². The number of carbonyl (C=O) groups is 2. The van der Waals surface area contributed by atoms with Gasteiger partial charge in [0.25, 0.3) is 0 Å². The van der Waals surface area contributed by atoms with E-state index in [2.05, 4.69) is 5.32 Å². The molecule has 4 nitrogen and oxygen atoms in total. The minimum Gasteiger partial charge on any atom is -0.352 e. The van der Waals surface area contributed by atoms with Gasteiger partial charge >= 0.3 is 0 Å². The maximum Gasteiger partial charge on any atom is 0.237 e. The van der Waals surface area contributed by atoms with E-state index in [0.717, 1.165) is 38.8 Å². The summed E-state index contributed by atoms with van der Waals surface area (Å²) in [5.41, 5.74) is -0.951. The zero-order chi connectivity index (χ0) is 13.8. The fourth-order valence-electron chi connectivity index (χ4n) is 1.94. The largest absolute Gasteiger partial charge is 0.352 e. The summed E-state index contributed by atoms with van der Waals surface area (Å²) in [4.78, 5) is 26.4. The number of rotatable bonds is 7. The lowest BCUT2D eigenvalue weighted by Gasteiger charge is -2.30. The van der Waals surface area contributed by atoms with E-state index < -0.39 is 5.41 Å². The Bertz CT molecular complexity index is 303. The molecule has 0 saturated heterocycles. The van der Waals surface area contributed by atoms with Crippen LogP contribution in [0.1, 0.15) is 53.4 Å². The van der Waals surface area contributed by atoms with Gasteiger partial charge in [0.2, 0.25) is 11.8 Å².